The van der Waals surface area contributed by atoms with Gasteiger partial charge in [0, 0.05) is 6.42 Å². The van der Waals surface area contributed by atoms with E-state index in [9.17, 15) is 19.8 Å². The first-order valence-corrected chi connectivity index (χ1v) is 8.51. The molecule has 0 bridgehead atoms. The summed E-state index contributed by atoms with van der Waals surface area (Å²) in [5, 5.41) is 30.8. The number of aryl methyl sites for hydroxylation is 3. The van der Waals surface area contributed by atoms with Crippen molar-refractivity contribution in [1.29, 1.82) is 0 Å². The first-order valence-electron chi connectivity index (χ1n) is 8.51. The van der Waals surface area contributed by atoms with Crippen molar-refractivity contribution in [3.8, 4) is 0 Å². The minimum Gasteiger partial charge on any atom is -0.394 e. The normalized spacial score (nSPS) is 14.2. The minimum absolute atomic E-state index is 0.0205. The Morgan fingerprint density at radius 1 is 1.26 bits per heavy atom. The van der Waals surface area contributed by atoms with E-state index < -0.39 is 24.8 Å². The molecule has 2 atom stereocenters. The van der Waals surface area contributed by atoms with E-state index >= 15 is 0 Å². The molecule has 9 nitrogen and oxygen atoms in total. The number of rotatable bonds is 6. The molecular formula is C18H24N4O5. The molecule has 0 aliphatic heterocycles. The zero-order valence-corrected chi connectivity index (χ0v) is 15.5. The summed E-state index contributed by atoms with van der Waals surface area (Å²) in [6, 6.07) is 2.93. The number of fused-ring (bicyclic) bond motifs is 1. The SMILES string of the molecule is Cc1cc2nc(C)c(=NC(=O)NC=O)n(CC(O)CC(O)CO)c2cc1C. The molecule has 0 aliphatic carbocycles. The maximum Gasteiger partial charge on any atom is 0.349 e. The van der Waals surface area contributed by atoms with E-state index in [1.54, 1.807) is 11.5 Å². The van der Waals surface area contributed by atoms with Crippen molar-refractivity contribution in [2.45, 2.75) is 45.9 Å². The summed E-state index contributed by atoms with van der Waals surface area (Å²) in [4.78, 5) is 30.7. The summed E-state index contributed by atoms with van der Waals surface area (Å²) in [5.74, 6) is 0. The van der Waals surface area contributed by atoms with Crippen molar-refractivity contribution in [3.63, 3.8) is 0 Å². The highest BCUT2D eigenvalue weighted by atomic mass is 16.3. The van der Waals surface area contributed by atoms with Crippen molar-refractivity contribution in [2.75, 3.05) is 6.61 Å². The lowest BCUT2D eigenvalue weighted by Gasteiger charge is -2.19. The van der Waals surface area contributed by atoms with Gasteiger partial charge in [-0.05, 0) is 44.0 Å². The molecule has 1 aromatic heterocycles. The van der Waals surface area contributed by atoms with Gasteiger partial charge in [0.2, 0.25) is 6.41 Å². The van der Waals surface area contributed by atoms with Crippen LogP contribution >= 0.6 is 0 Å². The Bertz CT molecular complexity index is 922. The standard InChI is InChI=1S/C18H24N4O5/c1-10-4-15-16(5-11(10)2)22(7-13(25)6-14(26)8-23)17(12(3)20-15)21-18(27)19-9-24/h4-5,9,13-14,23,25-26H,6-8H2,1-3H3,(H,19,24,27). The van der Waals surface area contributed by atoms with Gasteiger partial charge < -0.3 is 19.9 Å². The number of urea groups is 1. The quantitative estimate of drug-likeness (QED) is 0.517. The number of aliphatic hydroxyl groups excluding tert-OH is 3. The van der Waals surface area contributed by atoms with Crippen LogP contribution < -0.4 is 10.8 Å². The van der Waals surface area contributed by atoms with Gasteiger partial charge in [0.05, 0.1) is 42.1 Å². The highest BCUT2D eigenvalue weighted by Crippen LogP contribution is 2.18. The molecule has 0 saturated heterocycles. The first-order chi connectivity index (χ1) is 12.8. The van der Waals surface area contributed by atoms with Gasteiger partial charge in [-0.25, -0.2) is 9.78 Å². The number of hydrogen-bond acceptors (Lipinski definition) is 6. The Labute approximate surface area is 156 Å². The molecule has 0 saturated carbocycles. The Morgan fingerprint density at radius 2 is 1.93 bits per heavy atom. The van der Waals surface area contributed by atoms with Crippen LogP contribution in [0.5, 0.6) is 0 Å². The Morgan fingerprint density at radius 3 is 2.56 bits per heavy atom. The van der Waals surface area contributed by atoms with E-state index in [0.717, 1.165) is 11.1 Å². The van der Waals surface area contributed by atoms with Crippen LogP contribution in [0.4, 0.5) is 4.79 Å². The number of aliphatic hydroxyl groups is 3. The highest BCUT2D eigenvalue weighted by molar-refractivity contribution is 5.85. The summed E-state index contributed by atoms with van der Waals surface area (Å²) in [7, 11) is 0. The second-order valence-electron chi connectivity index (χ2n) is 6.46. The number of amides is 3. The number of carbonyl (C=O) groups is 2. The van der Waals surface area contributed by atoms with Crippen molar-refractivity contribution in [1.82, 2.24) is 14.9 Å². The molecule has 0 radical (unpaired) electrons. The zero-order valence-electron chi connectivity index (χ0n) is 15.5. The number of aromatic nitrogens is 2. The predicted molar refractivity (Wildman–Crippen MR) is 97.8 cm³/mol. The molecule has 2 unspecified atom stereocenters. The predicted octanol–water partition coefficient (Wildman–Crippen LogP) is -0.168. The third kappa shape index (κ3) is 4.97. The average Bonchev–Trinajstić information content (AvgIpc) is 2.60. The van der Waals surface area contributed by atoms with Gasteiger partial charge in [-0.3, -0.25) is 10.1 Å². The molecule has 0 aliphatic rings. The summed E-state index contributed by atoms with van der Waals surface area (Å²) >= 11 is 0. The van der Waals surface area contributed by atoms with Crippen LogP contribution in [0.15, 0.2) is 17.1 Å². The summed E-state index contributed by atoms with van der Waals surface area (Å²) in [6.07, 6.45) is -1.86. The lowest BCUT2D eigenvalue weighted by molar-refractivity contribution is -0.108. The van der Waals surface area contributed by atoms with E-state index in [0.29, 0.717) is 16.7 Å². The minimum atomic E-state index is -1.06. The summed E-state index contributed by atoms with van der Waals surface area (Å²) in [6.45, 7) is 5.12. The van der Waals surface area contributed by atoms with Crippen molar-refractivity contribution in [2.24, 2.45) is 4.99 Å². The van der Waals surface area contributed by atoms with Crippen molar-refractivity contribution in [3.05, 3.63) is 34.4 Å². The van der Waals surface area contributed by atoms with Crippen LogP contribution in [0.3, 0.4) is 0 Å². The molecule has 1 aromatic carbocycles. The fourth-order valence-electron chi connectivity index (χ4n) is 2.81. The van der Waals surface area contributed by atoms with E-state index in [4.69, 9.17) is 5.11 Å². The van der Waals surface area contributed by atoms with Crippen LogP contribution in [0.2, 0.25) is 0 Å². The molecule has 27 heavy (non-hydrogen) atoms. The monoisotopic (exact) mass is 376 g/mol. The van der Waals surface area contributed by atoms with Gasteiger partial charge in [0.1, 0.15) is 0 Å². The molecule has 0 spiro atoms. The lowest BCUT2D eigenvalue weighted by atomic mass is 10.1. The number of nitrogens with one attached hydrogen (secondary N) is 1. The number of hydrogen-bond donors (Lipinski definition) is 4. The molecule has 146 valence electrons. The van der Waals surface area contributed by atoms with Gasteiger partial charge in [-0.2, -0.15) is 4.99 Å². The lowest BCUT2D eigenvalue weighted by Crippen LogP contribution is -2.34. The zero-order chi connectivity index (χ0) is 20.1. The summed E-state index contributed by atoms with van der Waals surface area (Å²) < 4.78 is 1.63. The third-order valence-electron chi connectivity index (χ3n) is 4.29. The highest BCUT2D eigenvalue weighted by Gasteiger charge is 2.16. The third-order valence-corrected chi connectivity index (χ3v) is 4.29. The number of benzene rings is 1. The smallest absolute Gasteiger partial charge is 0.349 e. The van der Waals surface area contributed by atoms with Crippen molar-refractivity contribution < 1.29 is 24.9 Å². The van der Waals surface area contributed by atoms with Crippen molar-refractivity contribution >= 4 is 23.5 Å². The van der Waals surface area contributed by atoms with Crippen LogP contribution in [-0.4, -0.2) is 56.1 Å². The number of imide groups is 1. The molecule has 0 fully saturated rings. The molecule has 1 heterocycles. The maximum atomic E-state index is 11.8. The molecule has 3 amide bonds. The molecule has 2 rings (SSSR count). The van der Waals surface area contributed by atoms with Gasteiger partial charge in [0.25, 0.3) is 0 Å². The Balaban J connectivity index is 2.68. The summed E-state index contributed by atoms with van der Waals surface area (Å²) in [5.41, 5.74) is 4.00. The molecule has 4 N–H and O–H groups in total. The number of nitrogens with zero attached hydrogens (tertiary/aromatic N) is 3. The van der Waals surface area contributed by atoms with E-state index in [2.05, 4.69) is 9.98 Å². The van der Waals surface area contributed by atoms with E-state index in [1.165, 1.54) is 0 Å². The van der Waals surface area contributed by atoms with Crippen LogP contribution in [0, 0.1) is 20.8 Å². The number of carbonyl (C=O) groups excluding carboxylic acids is 2. The largest absolute Gasteiger partial charge is 0.394 e. The van der Waals surface area contributed by atoms with E-state index in [-0.39, 0.29) is 24.9 Å². The molecule has 9 heteroatoms. The van der Waals surface area contributed by atoms with Crippen LogP contribution in [0.25, 0.3) is 11.0 Å². The topological polar surface area (TPSA) is 137 Å². The fourth-order valence-corrected chi connectivity index (χ4v) is 2.81. The van der Waals surface area contributed by atoms with Gasteiger partial charge in [0.15, 0.2) is 5.49 Å². The fraction of sp³-hybridized carbons (Fsp3) is 0.444. The second-order valence-corrected chi connectivity index (χ2v) is 6.46. The van der Waals surface area contributed by atoms with Gasteiger partial charge >= 0.3 is 6.03 Å². The first kappa shape index (κ1) is 20.7. The second kappa shape index (κ2) is 8.85. The Hall–Kier alpha value is -2.62. The molecular weight excluding hydrogens is 352 g/mol. The molecule has 2 aromatic rings. The maximum absolute atomic E-state index is 11.8. The van der Waals surface area contributed by atoms with Gasteiger partial charge in [-0.15, -0.1) is 0 Å². The van der Waals surface area contributed by atoms with E-state index in [1.807, 2.05) is 31.3 Å². The van der Waals surface area contributed by atoms with Crippen LogP contribution in [-0.2, 0) is 11.3 Å². The van der Waals surface area contributed by atoms with Gasteiger partial charge in [-0.1, -0.05) is 0 Å². The Kier molecular flexibility index (Phi) is 6.78. The van der Waals surface area contributed by atoms with Crippen LogP contribution in [0.1, 0.15) is 23.2 Å². The average molecular weight is 376 g/mol.